The molecule has 0 aliphatic heterocycles. The van der Waals surface area contributed by atoms with E-state index in [2.05, 4.69) is 6.58 Å². The Hall–Kier alpha value is -1.32. The van der Waals surface area contributed by atoms with Crippen LogP contribution in [0.4, 0.5) is 0 Å². The van der Waals surface area contributed by atoms with Crippen molar-refractivity contribution in [3.05, 3.63) is 12.2 Å². The molecule has 0 aliphatic carbocycles. The predicted octanol–water partition coefficient (Wildman–Crippen LogP) is 0.733. The molecule has 0 atom stereocenters. The molecular formula is C7H12N2O2. The normalized spacial score (nSPS) is 9.09. The molecule has 62 valence electrons. The van der Waals surface area contributed by atoms with Crippen molar-refractivity contribution in [1.29, 1.82) is 5.41 Å². The molecule has 0 saturated carbocycles. The molecule has 0 aliphatic rings. The zero-order valence-corrected chi connectivity index (χ0v) is 6.26. The number of hydrogen-bond acceptors (Lipinski definition) is 2. The van der Waals surface area contributed by atoms with E-state index in [-0.39, 0.29) is 11.4 Å². The molecule has 0 radical (unpaired) electrons. The molecule has 4 nitrogen and oxygen atoms in total. The van der Waals surface area contributed by atoms with E-state index in [1.807, 2.05) is 0 Å². The highest BCUT2D eigenvalue weighted by Crippen LogP contribution is 2.04. The van der Waals surface area contributed by atoms with E-state index in [4.69, 9.17) is 16.2 Å². The van der Waals surface area contributed by atoms with Gasteiger partial charge in [-0.2, -0.15) is 0 Å². The summed E-state index contributed by atoms with van der Waals surface area (Å²) in [7, 11) is 0. The van der Waals surface area contributed by atoms with Crippen LogP contribution in [0.25, 0.3) is 0 Å². The maximum Gasteiger partial charge on any atom is 0.330 e. The van der Waals surface area contributed by atoms with E-state index in [1.165, 1.54) is 0 Å². The number of amidine groups is 1. The average molecular weight is 156 g/mol. The Kier molecular flexibility index (Phi) is 3.95. The molecule has 0 spiro atoms. The minimum atomic E-state index is -0.978. The number of nitrogens with two attached hydrogens (primary N) is 1. The molecule has 4 heteroatoms. The standard InChI is InChI=1S/C7H12N2O2/c1-5(7(10)11)3-2-4-6(8)9/h1-4H2,(H3,8,9)(H,10,11). The molecule has 0 rings (SSSR count). The minimum absolute atomic E-state index is 0.0863. The first-order valence-corrected chi connectivity index (χ1v) is 3.28. The number of hydrogen-bond donors (Lipinski definition) is 3. The topological polar surface area (TPSA) is 87.2 Å². The molecule has 0 heterocycles. The lowest BCUT2D eigenvalue weighted by atomic mass is 10.1. The van der Waals surface area contributed by atoms with Crippen molar-refractivity contribution >= 4 is 11.8 Å². The van der Waals surface area contributed by atoms with Crippen molar-refractivity contribution in [1.82, 2.24) is 0 Å². The fourth-order valence-electron chi connectivity index (χ4n) is 0.599. The van der Waals surface area contributed by atoms with Gasteiger partial charge in [-0.25, -0.2) is 4.79 Å². The monoisotopic (exact) mass is 156 g/mol. The van der Waals surface area contributed by atoms with Gasteiger partial charge in [-0.15, -0.1) is 0 Å². The van der Waals surface area contributed by atoms with Crippen LogP contribution < -0.4 is 5.73 Å². The van der Waals surface area contributed by atoms with Crippen LogP contribution in [0.15, 0.2) is 12.2 Å². The highest BCUT2D eigenvalue weighted by molar-refractivity contribution is 5.85. The molecule has 0 amide bonds. The molecule has 0 unspecified atom stereocenters. The van der Waals surface area contributed by atoms with Crippen LogP contribution in [0, 0.1) is 5.41 Å². The number of carboxylic acid groups (broad SMARTS) is 1. The van der Waals surface area contributed by atoms with Gasteiger partial charge in [0.05, 0.1) is 5.84 Å². The van der Waals surface area contributed by atoms with E-state index in [0.29, 0.717) is 19.3 Å². The van der Waals surface area contributed by atoms with Crippen molar-refractivity contribution < 1.29 is 9.90 Å². The van der Waals surface area contributed by atoms with Gasteiger partial charge in [0.2, 0.25) is 0 Å². The Bertz CT molecular complexity index is 187. The zero-order chi connectivity index (χ0) is 8.85. The Labute approximate surface area is 65.2 Å². The van der Waals surface area contributed by atoms with E-state index in [1.54, 1.807) is 0 Å². The highest BCUT2D eigenvalue weighted by Gasteiger charge is 2.02. The van der Waals surface area contributed by atoms with Crippen LogP contribution in [-0.4, -0.2) is 16.9 Å². The van der Waals surface area contributed by atoms with Gasteiger partial charge in [0.25, 0.3) is 0 Å². The van der Waals surface area contributed by atoms with Crippen molar-refractivity contribution in [2.45, 2.75) is 19.3 Å². The van der Waals surface area contributed by atoms with Gasteiger partial charge in [-0.1, -0.05) is 6.58 Å². The van der Waals surface area contributed by atoms with Gasteiger partial charge in [0, 0.05) is 12.0 Å². The first-order chi connectivity index (χ1) is 5.04. The number of carboxylic acids is 1. The van der Waals surface area contributed by atoms with Gasteiger partial charge in [-0.3, -0.25) is 5.41 Å². The second kappa shape index (κ2) is 4.49. The third-order valence-corrected chi connectivity index (χ3v) is 1.23. The van der Waals surface area contributed by atoms with Gasteiger partial charge in [-0.05, 0) is 12.8 Å². The third-order valence-electron chi connectivity index (χ3n) is 1.23. The van der Waals surface area contributed by atoms with Crippen molar-refractivity contribution in [2.24, 2.45) is 5.73 Å². The summed E-state index contributed by atoms with van der Waals surface area (Å²) in [4.78, 5) is 10.2. The predicted molar refractivity (Wildman–Crippen MR) is 42.5 cm³/mol. The SMILES string of the molecule is C=C(CCCC(=N)N)C(=O)O. The number of rotatable bonds is 5. The molecule has 11 heavy (non-hydrogen) atoms. The number of aliphatic carboxylic acids is 1. The summed E-state index contributed by atoms with van der Waals surface area (Å²) in [6.45, 7) is 3.34. The van der Waals surface area contributed by atoms with E-state index in [0.717, 1.165) is 0 Å². The lowest BCUT2D eigenvalue weighted by Gasteiger charge is -1.98. The van der Waals surface area contributed by atoms with Crippen LogP contribution >= 0.6 is 0 Å². The number of nitrogens with one attached hydrogen (secondary N) is 1. The molecule has 0 saturated heterocycles. The van der Waals surface area contributed by atoms with E-state index in [9.17, 15) is 4.79 Å². The van der Waals surface area contributed by atoms with Gasteiger partial charge >= 0.3 is 5.97 Å². The third kappa shape index (κ3) is 5.14. The smallest absolute Gasteiger partial charge is 0.330 e. The summed E-state index contributed by atoms with van der Waals surface area (Å²) in [5.41, 5.74) is 5.23. The largest absolute Gasteiger partial charge is 0.478 e. The van der Waals surface area contributed by atoms with Crippen LogP contribution in [0.2, 0.25) is 0 Å². The molecule has 0 aromatic heterocycles. The van der Waals surface area contributed by atoms with Gasteiger partial charge in [0.15, 0.2) is 0 Å². The second-order valence-corrected chi connectivity index (χ2v) is 2.29. The first kappa shape index (κ1) is 9.68. The van der Waals surface area contributed by atoms with Crippen LogP contribution in [0.1, 0.15) is 19.3 Å². The van der Waals surface area contributed by atoms with Crippen LogP contribution in [-0.2, 0) is 4.79 Å². The van der Waals surface area contributed by atoms with E-state index < -0.39 is 5.97 Å². The van der Waals surface area contributed by atoms with Crippen LogP contribution in [0.3, 0.4) is 0 Å². The van der Waals surface area contributed by atoms with Crippen molar-refractivity contribution in [2.75, 3.05) is 0 Å². The fraction of sp³-hybridized carbons (Fsp3) is 0.429. The summed E-state index contributed by atoms with van der Waals surface area (Å²) < 4.78 is 0. The van der Waals surface area contributed by atoms with E-state index >= 15 is 0 Å². The molecule has 0 fully saturated rings. The first-order valence-electron chi connectivity index (χ1n) is 3.28. The Morgan fingerprint density at radius 3 is 2.45 bits per heavy atom. The maximum atomic E-state index is 10.2. The zero-order valence-electron chi connectivity index (χ0n) is 6.26. The quantitative estimate of drug-likeness (QED) is 0.311. The summed E-state index contributed by atoms with van der Waals surface area (Å²) >= 11 is 0. The summed E-state index contributed by atoms with van der Waals surface area (Å²) in [6, 6.07) is 0. The Morgan fingerprint density at radius 1 is 1.55 bits per heavy atom. The Balaban J connectivity index is 3.47. The van der Waals surface area contributed by atoms with Crippen molar-refractivity contribution in [3.8, 4) is 0 Å². The van der Waals surface area contributed by atoms with Crippen LogP contribution in [0.5, 0.6) is 0 Å². The average Bonchev–Trinajstić information content (AvgIpc) is 1.86. The maximum absolute atomic E-state index is 10.2. The van der Waals surface area contributed by atoms with Crippen molar-refractivity contribution in [3.63, 3.8) is 0 Å². The lowest BCUT2D eigenvalue weighted by Crippen LogP contribution is -2.09. The van der Waals surface area contributed by atoms with Gasteiger partial charge < -0.3 is 10.8 Å². The van der Waals surface area contributed by atoms with Gasteiger partial charge in [0.1, 0.15) is 0 Å². The lowest BCUT2D eigenvalue weighted by molar-refractivity contribution is -0.132. The highest BCUT2D eigenvalue weighted by atomic mass is 16.4. The summed E-state index contributed by atoms with van der Waals surface area (Å²) in [5, 5.41) is 15.2. The molecule has 0 bridgehead atoms. The Morgan fingerprint density at radius 2 is 2.09 bits per heavy atom. The second-order valence-electron chi connectivity index (χ2n) is 2.29. The fourth-order valence-corrected chi connectivity index (χ4v) is 0.599. The molecule has 0 aromatic carbocycles. The molecule has 4 N–H and O–H groups in total. The molecule has 0 aromatic rings. The summed E-state index contributed by atoms with van der Waals surface area (Å²) in [6.07, 6.45) is 1.42. The number of carbonyl (C=O) groups is 1. The molecular weight excluding hydrogens is 144 g/mol. The summed E-state index contributed by atoms with van der Waals surface area (Å²) in [5.74, 6) is -0.892. The minimum Gasteiger partial charge on any atom is -0.478 e.